The van der Waals surface area contributed by atoms with E-state index >= 15 is 0 Å². The van der Waals surface area contributed by atoms with Gasteiger partial charge in [0.05, 0.1) is 10.9 Å². The lowest BCUT2D eigenvalue weighted by Gasteiger charge is -2.33. The van der Waals surface area contributed by atoms with Crippen LogP contribution in [0.25, 0.3) is 0 Å². The van der Waals surface area contributed by atoms with E-state index < -0.39 is 0 Å². The van der Waals surface area contributed by atoms with Crippen molar-refractivity contribution < 1.29 is 9.53 Å². The molecule has 0 unspecified atom stereocenters. The van der Waals surface area contributed by atoms with Gasteiger partial charge in [-0.2, -0.15) is 0 Å². The summed E-state index contributed by atoms with van der Waals surface area (Å²) in [5, 5.41) is 0. The molecule has 0 radical (unpaired) electrons. The summed E-state index contributed by atoms with van der Waals surface area (Å²) in [4.78, 5) is 15.2. The maximum Gasteiger partial charge on any atom is 0.323 e. The molecule has 0 N–H and O–H groups in total. The number of thiophene rings is 1. The highest BCUT2D eigenvalue weighted by Crippen LogP contribution is 2.26. The minimum Gasteiger partial charge on any atom is -0.468 e. The fraction of sp³-hybridized carbons (Fsp3) is 0.583. The van der Waals surface area contributed by atoms with E-state index in [1.165, 1.54) is 18.4 Å². The predicted octanol–water partition coefficient (Wildman–Crippen LogP) is 3.04. The highest BCUT2D eigenvalue weighted by Gasteiger charge is 2.29. The molecular formula is C12H16BrNO2S. The zero-order chi connectivity index (χ0) is 12.3. The molecule has 1 aromatic rings. The Hall–Kier alpha value is -0.390. The molecule has 1 aliphatic rings. The Labute approximate surface area is 114 Å². The summed E-state index contributed by atoms with van der Waals surface area (Å²) < 4.78 is 6.01. The maximum atomic E-state index is 11.7. The molecular weight excluding hydrogens is 302 g/mol. The van der Waals surface area contributed by atoms with Gasteiger partial charge in [-0.25, -0.2) is 0 Å². The highest BCUT2D eigenvalue weighted by molar-refractivity contribution is 9.11. The molecule has 0 spiro atoms. The second kappa shape index (κ2) is 5.98. The SMILES string of the molecule is COC(=O)[C@H]1CCCCN1Cc1ccc(Br)s1. The first-order valence-corrected chi connectivity index (χ1v) is 7.38. The van der Waals surface area contributed by atoms with Crippen molar-refractivity contribution in [2.24, 2.45) is 0 Å². The maximum absolute atomic E-state index is 11.7. The van der Waals surface area contributed by atoms with Crippen LogP contribution in [0.4, 0.5) is 0 Å². The molecule has 1 aromatic heterocycles. The van der Waals surface area contributed by atoms with Gasteiger partial charge >= 0.3 is 5.97 Å². The fourth-order valence-electron chi connectivity index (χ4n) is 2.22. The zero-order valence-electron chi connectivity index (χ0n) is 9.82. The van der Waals surface area contributed by atoms with Crippen molar-refractivity contribution in [3.63, 3.8) is 0 Å². The average Bonchev–Trinajstić information content (AvgIpc) is 2.74. The van der Waals surface area contributed by atoms with Gasteiger partial charge in [-0.3, -0.25) is 9.69 Å². The zero-order valence-corrected chi connectivity index (χ0v) is 12.2. The Morgan fingerprint density at radius 1 is 1.59 bits per heavy atom. The second-order valence-corrected chi connectivity index (χ2v) is 6.76. The van der Waals surface area contributed by atoms with Crippen molar-refractivity contribution >= 4 is 33.2 Å². The van der Waals surface area contributed by atoms with E-state index in [-0.39, 0.29) is 12.0 Å². The van der Waals surface area contributed by atoms with Crippen LogP contribution in [-0.4, -0.2) is 30.6 Å². The Morgan fingerprint density at radius 3 is 3.06 bits per heavy atom. The molecule has 2 rings (SSSR count). The van der Waals surface area contributed by atoms with Crippen LogP contribution in [0.2, 0.25) is 0 Å². The molecule has 1 aliphatic heterocycles. The van der Waals surface area contributed by atoms with Gasteiger partial charge in [0.25, 0.3) is 0 Å². The summed E-state index contributed by atoms with van der Waals surface area (Å²) in [7, 11) is 1.47. The highest BCUT2D eigenvalue weighted by atomic mass is 79.9. The Balaban J connectivity index is 2.03. The third-order valence-corrected chi connectivity index (χ3v) is 4.68. The van der Waals surface area contributed by atoms with Crippen LogP contribution in [0.5, 0.6) is 0 Å². The Kier molecular flexibility index (Phi) is 4.59. The smallest absolute Gasteiger partial charge is 0.323 e. The lowest BCUT2D eigenvalue weighted by molar-refractivity contribution is -0.148. The number of hydrogen-bond donors (Lipinski definition) is 0. The standard InChI is InChI=1S/C12H16BrNO2S/c1-16-12(15)10-4-2-3-7-14(10)8-9-5-6-11(13)17-9/h5-6,10H,2-4,7-8H2,1H3/t10-/m1/s1. The molecule has 1 atom stereocenters. The van der Waals surface area contributed by atoms with Crippen molar-refractivity contribution in [2.45, 2.75) is 31.8 Å². The fourth-order valence-corrected chi connectivity index (χ4v) is 3.73. The molecule has 1 fully saturated rings. The van der Waals surface area contributed by atoms with Gasteiger partial charge in [-0.05, 0) is 47.4 Å². The summed E-state index contributed by atoms with van der Waals surface area (Å²) in [6.45, 7) is 1.82. The molecule has 0 bridgehead atoms. The molecule has 0 aliphatic carbocycles. The van der Waals surface area contributed by atoms with Crippen LogP contribution < -0.4 is 0 Å². The lowest BCUT2D eigenvalue weighted by Crippen LogP contribution is -2.44. The van der Waals surface area contributed by atoms with Gasteiger partial charge in [-0.15, -0.1) is 11.3 Å². The first-order chi connectivity index (χ1) is 8.20. The van der Waals surface area contributed by atoms with Crippen LogP contribution in [0.3, 0.4) is 0 Å². The summed E-state index contributed by atoms with van der Waals surface area (Å²) >= 11 is 5.19. The number of esters is 1. The van der Waals surface area contributed by atoms with Gasteiger partial charge in [-0.1, -0.05) is 6.42 Å². The first kappa shape index (κ1) is 13.1. The van der Waals surface area contributed by atoms with Crippen LogP contribution in [-0.2, 0) is 16.1 Å². The van der Waals surface area contributed by atoms with Gasteiger partial charge in [0.2, 0.25) is 0 Å². The number of ether oxygens (including phenoxy) is 1. The number of rotatable bonds is 3. The number of nitrogens with zero attached hydrogens (tertiary/aromatic N) is 1. The number of piperidine rings is 1. The van der Waals surface area contributed by atoms with Crippen molar-refractivity contribution in [1.29, 1.82) is 0 Å². The number of halogens is 1. The average molecular weight is 318 g/mol. The number of hydrogen-bond acceptors (Lipinski definition) is 4. The summed E-state index contributed by atoms with van der Waals surface area (Å²) in [5.41, 5.74) is 0. The molecule has 1 saturated heterocycles. The third kappa shape index (κ3) is 3.30. The quantitative estimate of drug-likeness (QED) is 0.802. The van der Waals surface area contributed by atoms with Crippen LogP contribution >= 0.6 is 27.3 Å². The third-order valence-electron chi connectivity index (χ3n) is 3.07. The molecule has 0 amide bonds. The molecule has 2 heterocycles. The van der Waals surface area contributed by atoms with Crippen molar-refractivity contribution in [3.8, 4) is 0 Å². The monoisotopic (exact) mass is 317 g/mol. The van der Waals surface area contributed by atoms with Gasteiger partial charge in [0.1, 0.15) is 6.04 Å². The number of carbonyl (C=O) groups excluding carboxylic acids is 1. The van der Waals surface area contributed by atoms with Crippen LogP contribution in [0.15, 0.2) is 15.9 Å². The van der Waals surface area contributed by atoms with E-state index in [2.05, 4.69) is 33.0 Å². The Bertz CT molecular complexity index is 394. The van der Waals surface area contributed by atoms with E-state index in [4.69, 9.17) is 4.74 Å². The predicted molar refractivity (Wildman–Crippen MR) is 72.1 cm³/mol. The van der Waals surface area contributed by atoms with Crippen molar-refractivity contribution in [1.82, 2.24) is 4.90 Å². The van der Waals surface area contributed by atoms with E-state index in [0.29, 0.717) is 0 Å². The largest absolute Gasteiger partial charge is 0.468 e. The summed E-state index contributed by atoms with van der Waals surface area (Å²) in [6.07, 6.45) is 3.20. The van der Waals surface area contributed by atoms with Crippen molar-refractivity contribution in [3.05, 3.63) is 20.8 Å². The lowest BCUT2D eigenvalue weighted by atomic mass is 10.0. The van der Waals surface area contributed by atoms with Crippen molar-refractivity contribution in [2.75, 3.05) is 13.7 Å². The normalized spacial score (nSPS) is 21.4. The number of carbonyl (C=O) groups is 1. The molecule has 0 saturated carbocycles. The Morgan fingerprint density at radius 2 is 2.41 bits per heavy atom. The topological polar surface area (TPSA) is 29.5 Å². The molecule has 0 aromatic carbocycles. The second-order valence-electron chi connectivity index (χ2n) is 4.21. The first-order valence-electron chi connectivity index (χ1n) is 5.77. The van der Waals surface area contributed by atoms with Crippen LogP contribution in [0, 0.1) is 0 Å². The summed E-state index contributed by atoms with van der Waals surface area (Å²) in [6, 6.07) is 4.10. The van der Waals surface area contributed by atoms with E-state index in [1.54, 1.807) is 11.3 Å². The van der Waals surface area contributed by atoms with Gasteiger partial charge in [0, 0.05) is 11.4 Å². The van der Waals surface area contributed by atoms with E-state index in [0.717, 1.165) is 29.7 Å². The molecule has 5 heteroatoms. The minimum absolute atomic E-state index is 0.0605. The molecule has 3 nitrogen and oxygen atoms in total. The molecule has 94 valence electrons. The van der Waals surface area contributed by atoms with E-state index in [9.17, 15) is 4.79 Å². The molecule has 17 heavy (non-hydrogen) atoms. The van der Waals surface area contributed by atoms with Crippen LogP contribution in [0.1, 0.15) is 24.1 Å². The van der Waals surface area contributed by atoms with Gasteiger partial charge in [0.15, 0.2) is 0 Å². The van der Waals surface area contributed by atoms with Gasteiger partial charge < -0.3 is 4.74 Å². The van der Waals surface area contributed by atoms with E-state index in [1.807, 2.05) is 0 Å². The minimum atomic E-state index is -0.0969. The number of likely N-dealkylation sites (tertiary alicyclic amines) is 1. The summed E-state index contributed by atoms with van der Waals surface area (Å²) in [5.74, 6) is -0.0969. The number of methoxy groups -OCH3 is 1.